The van der Waals surface area contributed by atoms with E-state index in [9.17, 15) is 4.79 Å². The Hall–Kier alpha value is -1.89. The summed E-state index contributed by atoms with van der Waals surface area (Å²) < 4.78 is 5.31. The molecule has 0 atom stereocenters. The van der Waals surface area contributed by atoms with Crippen LogP contribution in [-0.2, 0) is 11.2 Å². The third-order valence-corrected chi connectivity index (χ3v) is 4.49. The zero-order valence-electron chi connectivity index (χ0n) is 13.7. The van der Waals surface area contributed by atoms with Gasteiger partial charge in [0.05, 0.1) is 13.2 Å². The number of anilines is 1. The number of hydrogen-bond donors (Lipinski definition) is 1. The fraction of sp³-hybridized carbons (Fsp3) is 0.688. The molecule has 7 nitrogen and oxygen atoms in total. The van der Waals surface area contributed by atoms with Gasteiger partial charge in [-0.3, -0.25) is 0 Å². The van der Waals surface area contributed by atoms with E-state index in [1.165, 1.54) is 0 Å². The topological polar surface area (TPSA) is 70.6 Å². The summed E-state index contributed by atoms with van der Waals surface area (Å²) in [7, 11) is 0. The number of nitrogens with one attached hydrogen (secondary N) is 1. The average Bonchev–Trinajstić information content (AvgIpc) is 2.63. The number of carbonyl (C=O) groups is 1. The van der Waals surface area contributed by atoms with Gasteiger partial charge in [0.25, 0.3) is 0 Å². The minimum atomic E-state index is 0.155. The predicted molar refractivity (Wildman–Crippen MR) is 87.4 cm³/mol. The number of carbonyl (C=O) groups excluding carboxylic acids is 1. The summed E-state index contributed by atoms with van der Waals surface area (Å²) in [5, 5.41) is 3.47. The van der Waals surface area contributed by atoms with Crippen LogP contribution in [0.2, 0.25) is 0 Å². The highest BCUT2D eigenvalue weighted by Gasteiger charge is 2.27. The summed E-state index contributed by atoms with van der Waals surface area (Å²) in [5.41, 5.74) is 1.04. The molecule has 0 bridgehead atoms. The summed E-state index contributed by atoms with van der Waals surface area (Å²) in [6.45, 7) is 6.38. The highest BCUT2D eigenvalue weighted by atomic mass is 16.5. The van der Waals surface area contributed by atoms with Gasteiger partial charge in [-0.05, 0) is 19.3 Å². The molecule has 0 saturated carbocycles. The summed E-state index contributed by atoms with van der Waals surface area (Å²) in [6.07, 6.45) is 4.41. The Morgan fingerprint density at radius 3 is 2.61 bits per heavy atom. The lowest BCUT2D eigenvalue weighted by Crippen LogP contribution is -2.51. The first-order chi connectivity index (χ1) is 11.3. The van der Waals surface area contributed by atoms with E-state index in [-0.39, 0.29) is 6.03 Å². The summed E-state index contributed by atoms with van der Waals surface area (Å²) in [5.74, 6) is 0.884. The Kier molecular flexibility index (Phi) is 5.27. The predicted octanol–water partition coefficient (Wildman–Crippen LogP) is 1.37. The molecule has 23 heavy (non-hydrogen) atoms. The van der Waals surface area contributed by atoms with Crippen molar-refractivity contribution in [1.82, 2.24) is 19.8 Å². The van der Waals surface area contributed by atoms with Crippen LogP contribution in [0.3, 0.4) is 0 Å². The Bertz CT molecular complexity index is 525. The van der Waals surface area contributed by atoms with Crippen LogP contribution in [0.5, 0.6) is 0 Å². The first-order valence-electron chi connectivity index (χ1n) is 8.45. The number of aryl methyl sites for hydroxylation is 1. The van der Waals surface area contributed by atoms with E-state index >= 15 is 0 Å². The lowest BCUT2D eigenvalue weighted by molar-refractivity contribution is 0.0414. The highest BCUT2D eigenvalue weighted by molar-refractivity contribution is 5.74. The lowest BCUT2D eigenvalue weighted by atomic mass is 10.1. The second-order valence-corrected chi connectivity index (χ2v) is 6.04. The minimum Gasteiger partial charge on any atom is -0.378 e. The minimum absolute atomic E-state index is 0.155. The van der Waals surface area contributed by atoms with Gasteiger partial charge >= 0.3 is 6.03 Å². The second kappa shape index (κ2) is 7.59. The fourth-order valence-corrected chi connectivity index (χ4v) is 3.05. The molecular formula is C16H25N5O2. The number of aromatic nitrogens is 2. The van der Waals surface area contributed by atoms with Crippen LogP contribution in [-0.4, -0.2) is 71.2 Å². The number of urea groups is 1. The van der Waals surface area contributed by atoms with Crippen molar-refractivity contribution >= 4 is 11.8 Å². The number of rotatable bonds is 3. The van der Waals surface area contributed by atoms with Gasteiger partial charge in [-0.15, -0.1) is 0 Å². The maximum atomic E-state index is 12.5. The fourth-order valence-electron chi connectivity index (χ4n) is 3.05. The normalized spacial score (nSPS) is 19.7. The molecule has 2 aliphatic heterocycles. The van der Waals surface area contributed by atoms with Gasteiger partial charge in [0.15, 0.2) is 0 Å². The maximum Gasteiger partial charge on any atom is 0.320 e. The standard InChI is InChI=1S/C16H25N5O2/c1-2-13-11-15(18-12-17-13)19-14-3-5-20(6-4-14)16(22)21-7-9-23-10-8-21/h11-12,14H,2-10H2,1H3,(H,17,18,19). The number of ether oxygens (including phenoxy) is 1. The third-order valence-electron chi connectivity index (χ3n) is 4.49. The monoisotopic (exact) mass is 319 g/mol. The molecule has 0 radical (unpaired) electrons. The quantitative estimate of drug-likeness (QED) is 0.911. The van der Waals surface area contributed by atoms with E-state index in [2.05, 4.69) is 22.2 Å². The Labute approximate surface area is 137 Å². The summed E-state index contributed by atoms with van der Waals surface area (Å²) in [6, 6.07) is 2.52. The van der Waals surface area contributed by atoms with E-state index in [4.69, 9.17) is 4.74 Å². The molecule has 0 spiro atoms. The van der Waals surface area contributed by atoms with Gasteiger partial charge in [-0.1, -0.05) is 6.92 Å². The average molecular weight is 319 g/mol. The first kappa shape index (κ1) is 16.0. The van der Waals surface area contributed by atoms with Gasteiger partial charge in [-0.2, -0.15) is 0 Å². The van der Waals surface area contributed by atoms with Gasteiger partial charge < -0.3 is 19.9 Å². The van der Waals surface area contributed by atoms with Crippen LogP contribution in [0.25, 0.3) is 0 Å². The van der Waals surface area contributed by atoms with Crippen molar-refractivity contribution < 1.29 is 9.53 Å². The van der Waals surface area contributed by atoms with E-state index in [1.54, 1.807) is 6.33 Å². The number of hydrogen-bond acceptors (Lipinski definition) is 5. The van der Waals surface area contributed by atoms with Crippen LogP contribution < -0.4 is 5.32 Å². The van der Waals surface area contributed by atoms with E-state index in [1.807, 2.05) is 15.9 Å². The van der Waals surface area contributed by atoms with Gasteiger partial charge in [0, 0.05) is 44.0 Å². The third kappa shape index (κ3) is 4.10. The number of likely N-dealkylation sites (tertiary alicyclic amines) is 1. The van der Waals surface area contributed by atoms with Crippen molar-refractivity contribution in [2.45, 2.75) is 32.2 Å². The molecule has 3 heterocycles. The Morgan fingerprint density at radius 1 is 1.22 bits per heavy atom. The summed E-state index contributed by atoms with van der Waals surface area (Å²) in [4.78, 5) is 24.8. The molecule has 2 aliphatic rings. The molecule has 2 fully saturated rings. The largest absolute Gasteiger partial charge is 0.378 e. The van der Waals surface area contributed by atoms with Crippen molar-refractivity contribution in [3.63, 3.8) is 0 Å². The van der Waals surface area contributed by atoms with Crippen molar-refractivity contribution in [2.75, 3.05) is 44.7 Å². The molecular weight excluding hydrogens is 294 g/mol. The van der Waals surface area contributed by atoms with Crippen LogP contribution in [0.15, 0.2) is 12.4 Å². The first-order valence-corrected chi connectivity index (χ1v) is 8.45. The number of amides is 2. The Morgan fingerprint density at radius 2 is 1.91 bits per heavy atom. The van der Waals surface area contributed by atoms with E-state index in [0.29, 0.717) is 32.3 Å². The summed E-state index contributed by atoms with van der Waals surface area (Å²) >= 11 is 0. The maximum absolute atomic E-state index is 12.5. The molecule has 1 aromatic rings. The van der Waals surface area contributed by atoms with Crippen molar-refractivity contribution in [3.8, 4) is 0 Å². The van der Waals surface area contributed by atoms with Gasteiger partial charge in [0.1, 0.15) is 12.1 Å². The SMILES string of the molecule is CCc1cc(NC2CCN(C(=O)N3CCOCC3)CC2)ncn1. The molecule has 1 aromatic heterocycles. The molecule has 2 amide bonds. The number of piperidine rings is 1. The lowest BCUT2D eigenvalue weighted by Gasteiger charge is -2.37. The van der Waals surface area contributed by atoms with Crippen LogP contribution in [0.1, 0.15) is 25.5 Å². The smallest absolute Gasteiger partial charge is 0.320 e. The number of morpholine rings is 1. The molecule has 7 heteroatoms. The van der Waals surface area contributed by atoms with Crippen molar-refractivity contribution in [3.05, 3.63) is 18.1 Å². The van der Waals surface area contributed by atoms with Crippen molar-refractivity contribution in [1.29, 1.82) is 0 Å². The van der Waals surface area contributed by atoms with Gasteiger partial charge in [-0.25, -0.2) is 14.8 Å². The molecule has 1 N–H and O–H groups in total. The van der Waals surface area contributed by atoms with E-state index in [0.717, 1.165) is 43.9 Å². The molecule has 0 unspecified atom stereocenters. The Balaban J connectivity index is 1.48. The second-order valence-electron chi connectivity index (χ2n) is 6.04. The van der Waals surface area contributed by atoms with Crippen LogP contribution in [0.4, 0.5) is 10.6 Å². The van der Waals surface area contributed by atoms with Gasteiger partial charge in [0.2, 0.25) is 0 Å². The highest BCUT2D eigenvalue weighted by Crippen LogP contribution is 2.17. The van der Waals surface area contributed by atoms with E-state index < -0.39 is 0 Å². The zero-order valence-corrected chi connectivity index (χ0v) is 13.7. The van der Waals surface area contributed by atoms with Crippen LogP contribution >= 0.6 is 0 Å². The zero-order chi connectivity index (χ0) is 16.1. The van der Waals surface area contributed by atoms with Crippen LogP contribution in [0, 0.1) is 0 Å². The molecule has 3 rings (SSSR count). The number of nitrogens with zero attached hydrogens (tertiary/aromatic N) is 4. The molecule has 2 saturated heterocycles. The molecule has 0 aromatic carbocycles. The molecule has 126 valence electrons. The van der Waals surface area contributed by atoms with Crippen molar-refractivity contribution in [2.24, 2.45) is 0 Å². The molecule has 0 aliphatic carbocycles.